The van der Waals surface area contributed by atoms with Crippen LogP contribution in [0.25, 0.3) is 111 Å². The molecular formula is C102H117N10+5. The van der Waals surface area contributed by atoms with E-state index in [-0.39, 0.29) is 10.8 Å². The molecule has 1 saturated carbocycles. The molecule has 16 rings (SSSR count). The molecule has 0 N–H and O–H groups in total. The summed E-state index contributed by atoms with van der Waals surface area (Å²) in [5, 5.41) is 6.08. The fourth-order valence-electron chi connectivity index (χ4n) is 16.1. The highest BCUT2D eigenvalue weighted by molar-refractivity contribution is 5.95. The molecule has 10 aromatic carbocycles. The predicted molar refractivity (Wildman–Crippen MR) is 466 cm³/mol. The summed E-state index contributed by atoms with van der Waals surface area (Å²) in [6, 6.07) is 76.4. The second kappa shape index (κ2) is 35.1. The van der Waals surface area contributed by atoms with Crippen LogP contribution < -0.4 is 22.8 Å². The molecule has 1 fully saturated rings. The van der Waals surface area contributed by atoms with E-state index in [9.17, 15) is 0 Å². The van der Waals surface area contributed by atoms with Gasteiger partial charge in [0, 0.05) is 27.8 Å². The number of aromatic nitrogens is 10. The van der Waals surface area contributed by atoms with Gasteiger partial charge >= 0.3 is 0 Å². The van der Waals surface area contributed by atoms with Crippen LogP contribution in [-0.2, 0) is 54.5 Å². The standard InChI is InChI=1S/C21H23N2.2C21H25N2.C20H23N2.C19H21N2/c1-15-7-3-6-10-18(15)21-19-12-11-17(16-8-4-5-9-16)13-20(19)22-14-23(21)2;2*1-15-8-6-7-9-17(15)20-18-11-10-16(13-21(2,3)4)12-19(18)22-14-23(20)5;1-14(2)11-16-9-10-18-19(12-16)21-13-22(4)20(18)17-8-6-5-7-15(17)3;1-13(2)15-9-10-17-18(11-15)20-12-21(4)19(17)16-8-6-5-7-14(16)3/h3,6-7,10-14,16H,4-5,8-9H2,1-2H3;2*6-12,14H,13H2,1-5H3;5-10,12-14H,11H2,1-4H3;5-13H,1-4H3/q5*+1. The lowest BCUT2D eigenvalue weighted by molar-refractivity contribution is -0.662. The van der Waals surface area contributed by atoms with E-state index in [2.05, 4.69) is 394 Å². The van der Waals surface area contributed by atoms with Gasteiger partial charge in [-0.15, -0.1) is 0 Å². The molecule has 112 heavy (non-hydrogen) atoms. The Morgan fingerprint density at radius 1 is 0.321 bits per heavy atom. The molecule has 5 heterocycles. The van der Waals surface area contributed by atoms with E-state index in [1.165, 1.54) is 165 Å². The number of nitrogens with zero attached hydrogens (tertiary/aromatic N) is 10. The van der Waals surface area contributed by atoms with Crippen LogP contribution in [0.1, 0.15) is 162 Å². The van der Waals surface area contributed by atoms with Gasteiger partial charge in [0.05, 0.1) is 62.2 Å². The molecule has 0 spiro atoms. The number of benzene rings is 10. The molecule has 570 valence electrons. The van der Waals surface area contributed by atoms with Crippen molar-refractivity contribution in [3.05, 3.63) is 300 Å². The average molecular weight is 1480 g/mol. The van der Waals surface area contributed by atoms with Crippen LogP contribution in [0.15, 0.2) is 244 Å². The van der Waals surface area contributed by atoms with Crippen molar-refractivity contribution in [2.75, 3.05) is 0 Å². The first kappa shape index (κ1) is 80.4. The lowest BCUT2D eigenvalue weighted by Crippen LogP contribution is -2.31. The summed E-state index contributed by atoms with van der Waals surface area (Å²) in [6.07, 6.45) is 18.2. The molecule has 15 aromatic rings. The van der Waals surface area contributed by atoms with Crippen LogP contribution in [0.4, 0.5) is 0 Å². The smallest absolute Gasteiger partial charge is 0.232 e. The highest BCUT2D eigenvalue weighted by Crippen LogP contribution is 2.38. The third-order valence-electron chi connectivity index (χ3n) is 21.7. The van der Waals surface area contributed by atoms with Crippen LogP contribution in [0.5, 0.6) is 0 Å². The van der Waals surface area contributed by atoms with Crippen molar-refractivity contribution in [2.24, 2.45) is 52.0 Å². The fraction of sp³-hybridized carbons (Fsp3) is 0.314. The Morgan fingerprint density at radius 2 is 0.589 bits per heavy atom. The summed E-state index contributed by atoms with van der Waals surface area (Å²) in [6.45, 7) is 33.4. The second-order valence-corrected chi connectivity index (χ2v) is 34.4. The molecule has 0 amide bonds. The third kappa shape index (κ3) is 19.1. The molecule has 10 nitrogen and oxygen atoms in total. The van der Waals surface area contributed by atoms with Gasteiger partial charge in [-0.3, -0.25) is 0 Å². The summed E-state index contributed by atoms with van der Waals surface area (Å²) in [5.41, 5.74) is 31.8. The maximum atomic E-state index is 4.69. The van der Waals surface area contributed by atoms with Gasteiger partial charge in [0.15, 0.2) is 27.6 Å². The molecule has 5 aromatic heterocycles. The number of hydrogen-bond acceptors (Lipinski definition) is 5. The Balaban J connectivity index is 0.000000130. The van der Waals surface area contributed by atoms with Crippen LogP contribution in [-0.4, -0.2) is 24.9 Å². The van der Waals surface area contributed by atoms with E-state index in [0.717, 1.165) is 52.8 Å². The predicted octanol–water partition coefficient (Wildman–Crippen LogP) is 22.3. The molecule has 0 atom stereocenters. The van der Waals surface area contributed by atoms with E-state index < -0.39 is 0 Å². The van der Waals surface area contributed by atoms with E-state index in [1.54, 1.807) is 0 Å². The Hall–Kier alpha value is -11.1. The van der Waals surface area contributed by atoms with Crippen LogP contribution in [0.3, 0.4) is 0 Å². The quantitative estimate of drug-likeness (QED) is 0.121. The van der Waals surface area contributed by atoms with Crippen molar-refractivity contribution >= 4 is 54.5 Å². The van der Waals surface area contributed by atoms with Gasteiger partial charge in [-0.1, -0.05) is 234 Å². The van der Waals surface area contributed by atoms with Gasteiger partial charge in [0.1, 0.15) is 28.5 Å². The van der Waals surface area contributed by atoms with Gasteiger partial charge in [-0.2, -0.15) is 0 Å². The summed E-state index contributed by atoms with van der Waals surface area (Å²) >= 11 is 0. The van der Waals surface area contributed by atoms with Crippen molar-refractivity contribution < 1.29 is 22.8 Å². The minimum absolute atomic E-state index is 0.284. The zero-order valence-corrected chi connectivity index (χ0v) is 70.2. The summed E-state index contributed by atoms with van der Waals surface area (Å²) < 4.78 is 10.6. The zero-order chi connectivity index (χ0) is 79.7. The normalized spacial score (nSPS) is 12.4. The highest BCUT2D eigenvalue weighted by Gasteiger charge is 2.25. The Bertz CT molecular complexity index is 5720. The summed E-state index contributed by atoms with van der Waals surface area (Å²) in [7, 11) is 10.3. The number of rotatable bonds is 11. The maximum Gasteiger partial charge on any atom is 0.287 e. The number of aryl methyl sites for hydroxylation is 10. The maximum absolute atomic E-state index is 4.69. The lowest BCUT2D eigenvalue weighted by Gasteiger charge is -2.18. The van der Waals surface area contributed by atoms with Gasteiger partial charge in [-0.05, 0) is 237 Å². The first-order valence-electron chi connectivity index (χ1n) is 40.3. The molecule has 0 unspecified atom stereocenters. The van der Waals surface area contributed by atoms with Gasteiger partial charge in [-0.25, -0.2) is 22.8 Å². The number of hydrogen-bond donors (Lipinski definition) is 0. The first-order chi connectivity index (χ1) is 53.6. The minimum Gasteiger partial charge on any atom is -0.232 e. The van der Waals surface area contributed by atoms with Crippen molar-refractivity contribution in [3.8, 4) is 56.3 Å². The van der Waals surface area contributed by atoms with Crippen molar-refractivity contribution in [1.29, 1.82) is 0 Å². The third-order valence-corrected chi connectivity index (χ3v) is 21.7. The van der Waals surface area contributed by atoms with Crippen molar-refractivity contribution in [2.45, 2.75) is 161 Å². The largest absolute Gasteiger partial charge is 0.287 e. The SMILES string of the molecule is Cc1ccccc1-c1c2ccc(C(C)C)cc2nc[n+]1C.Cc1ccccc1-c1c2ccc(C3CCCC3)cc2nc[n+]1C.Cc1ccccc1-c1c2ccc(CC(C)(C)C)cc2nc[n+]1C.Cc1ccccc1-c1c2ccc(CC(C)(C)C)cc2nc[n+]1C.Cc1ccccc1-c1c2ccc(CC(C)C)cc2nc[n+]1C. The van der Waals surface area contributed by atoms with Crippen LogP contribution >= 0.6 is 0 Å². The van der Waals surface area contributed by atoms with Gasteiger partial charge in [0.2, 0.25) is 0 Å². The van der Waals surface area contributed by atoms with Crippen LogP contribution in [0.2, 0.25) is 0 Å². The van der Waals surface area contributed by atoms with E-state index >= 15 is 0 Å². The van der Waals surface area contributed by atoms with E-state index in [1.807, 2.05) is 31.6 Å². The zero-order valence-electron chi connectivity index (χ0n) is 70.2. The second-order valence-electron chi connectivity index (χ2n) is 34.4. The summed E-state index contributed by atoms with van der Waals surface area (Å²) in [5.74, 6) is 1.91. The van der Waals surface area contributed by atoms with Gasteiger partial charge < -0.3 is 0 Å². The topological polar surface area (TPSA) is 83.8 Å². The molecule has 0 aliphatic heterocycles. The molecule has 1 aliphatic rings. The average Bonchev–Trinajstić information content (AvgIpc) is 0.926. The summed E-state index contributed by atoms with van der Waals surface area (Å²) in [4.78, 5) is 23.2. The molecule has 0 bridgehead atoms. The lowest BCUT2D eigenvalue weighted by atomic mass is 9.87. The molecule has 10 heteroatoms. The highest BCUT2D eigenvalue weighted by atomic mass is 15.0. The Labute approximate surface area is 666 Å². The molecule has 0 saturated heterocycles. The van der Waals surface area contributed by atoms with Crippen molar-refractivity contribution in [3.63, 3.8) is 0 Å². The number of fused-ring (bicyclic) bond motifs is 5. The van der Waals surface area contributed by atoms with Crippen LogP contribution in [0, 0.1) is 51.4 Å². The fourth-order valence-corrected chi connectivity index (χ4v) is 16.1. The Morgan fingerprint density at radius 3 is 0.884 bits per heavy atom. The molecular weight excluding hydrogens is 1370 g/mol. The van der Waals surface area contributed by atoms with E-state index in [0.29, 0.717) is 11.8 Å². The first-order valence-corrected chi connectivity index (χ1v) is 40.3. The monoisotopic (exact) mass is 1480 g/mol. The minimum atomic E-state index is 0.284. The Kier molecular flexibility index (Phi) is 25.2. The van der Waals surface area contributed by atoms with Crippen molar-refractivity contribution in [1.82, 2.24) is 24.9 Å². The molecule has 0 radical (unpaired) electrons. The van der Waals surface area contributed by atoms with Gasteiger partial charge in [0.25, 0.3) is 31.6 Å². The van der Waals surface area contributed by atoms with E-state index in [4.69, 9.17) is 4.98 Å². The molecule has 1 aliphatic carbocycles.